The number of amides is 2. The molecule has 0 bridgehead atoms. The van der Waals surface area contributed by atoms with Crippen LogP contribution in [0.3, 0.4) is 0 Å². The summed E-state index contributed by atoms with van der Waals surface area (Å²) in [5.74, 6) is 0.831. The van der Waals surface area contributed by atoms with Crippen molar-refractivity contribution in [2.45, 2.75) is 52.2 Å². The lowest BCUT2D eigenvalue weighted by Crippen LogP contribution is -2.49. The second-order valence-electron chi connectivity index (χ2n) is 9.70. The van der Waals surface area contributed by atoms with Crippen molar-refractivity contribution in [2.75, 3.05) is 20.2 Å². The van der Waals surface area contributed by atoms with E-state index >= 15 is 0 Å². The smallest absolute Gasteiger partial charge is 0.254 e. The van der Waals surface area contributed by atoms with Gasteiger partial charge in [-0.3, -0.25) is 9.59 Å². The Labute approximate surface area is 208 Å². The minimum Gasteiger partial charge on any atom is -0.497 e. The molecule has 2 amide bonds. The third-order valence-corrected chi connectivity index (χ3v) is 6.78. The van der Waals surface area contributed by atoms with Gasteiger partial charge in [-0.25, -0.2) is 0 Å². The van der Waals surface area contributed by atoms with Crippen LogP contribution in [0.2, 0.25) is 0 Å². The molecule has 2 heterocycles. The van der Waals surface area contributed by atoms with Gasteiger partial charge in [-0.15, -0.1) is 0 Å². The van der Waals surface area contributed by atoms with Gasteiger partial charge in [-0.05, 0) is 61.2 Å². The van der Waals surface area contributed by atoms with Crippen molar-refractivity contribution >= 4 is 11.8 Å². The van der Waals surface area contributed by atoms with E-state index in [1.54, 1.807) is 36.3 Å². The van der Waals surface area contributed by atoms with Crippen molar-refractivity contribution in [1.82, 2.24) is 14.4 Å². The van der Waals surface area contributed by atoms with E-state index in [9.17, 15) is 9.59 Å². The third-order valence-electron chi connectivity index (χ3n) is 6.78. The van der Waals surface area contributed by atoms with Gasteiger partial charge < -0.3 is 19.1 Å². The van der Waals surface area contributed by atoms with Crippen LogP contribution in [0, 0.1) is 0 Å². The zero-order chi connectivity index (χ0) is 25.1. The topological polar surface area (TPSA) is 54.8 Å². The minimum atomic E-state index is -0.187. The lowest BCUT2D eigenvalue weighted by atomic mass is 9.95. The van der Waals surface area contributed by atoms with Crippen molar-refractivity contribution in [3.63, 3.8) is 0 Å². The number of hydrogen-bond donors (Lipinski definition) is 0. The zero-order valence-corrected chi connectivity index (χ0v) is 21.3. The molecule has 0 fully saturated rings. The van der Waals surface area contributed by atoms with Crippen LogP contribution in [0.1, 0.15) is 66.8 Å². The number of ether oxygens (including phenoxy) is 1. The molecule has 1 aliphatic heterocycles. The maximum absolute atomic E-state index is 13.8. The van der Waals surface area contributed by atoms with E-state index in [1.165, 1.54) is 5.56 Å². The lowest BCUT2D eigenvalue weighted by molar-refractivity contribution is -0.135. The van der Waals surface area contributed by atoms with Gasteiger partial charge in [-0.2, -0.15) is 0 Å². The number of carbonyl (C=O) groups is 2. The molecule has 0 spiro atoms. The van der Waals surface area contributed by atoms with Gasteiger partial charge in [0.25, 0.3) is 5.91 Å². The summed E-state index contributed by atoms with van der Waals surface area (Å²) in [6.07, 6.45) is 2.07. The fourth-order valence-electron chi connectivity index (χ4n) is 4.71. The standard InChI is InChI=1S/C29H35N3O3/c1-20(2)22-11-13-23(14-12-22)28-26-10-7-15-30(26)16-17-31(28)27(33)19-32(21(3)4)29(34)24-8-6-9-25(18-24)35-5/h6-15,18,20-21,28H,16-17,19H2,1-5H3. The molecule has 3 aromatic rings. The van der Waals surface area contributed by atoms with Crippen molar-refractivity contribution in [1.29, 1.82) is 0 Å². The number of carbonyl (C=O) groups excluding carboxylic acids is 2. The van der Waals surface area contributed by atoms with Crippen molar-refractivity contribution in [2.24, 2.45) is 0 Å². The Morgan fingerprint density at radius 3 is 2.40 bits per heavy atom. The van der Waals surface area contributed by atoms with Gasteiger partial charge >= 0.3 is 0 Å². The maximum Gasteiger partial charge on any atom is 0.254 e. The molecule has 1 aliphatic rings. The zero-order valence-electron chi connectivity index (χ0n) is 21.3. The number of hydrogen-bond acceptors (Lipinski definition) is 3. The molecule has 6 heteroatoms. The number of rotatable bonds is 7. The second kappa shape index (κ2) is 10.4. The van der Waals surface area contributed by atoms with E-state index in [2.05, 4.69) is 54.9 Å². The molecule has 0 N–H and O–H groups in total. The van der Waals surface area contributed by atoms with Gasteiger partial charge in [0.05, 0.1) is 13.2 Å². The van der Waals surface area contributed by atoms with Crippen LogP contribution in [0.4, 0.5) is 0 Å². The summed E-state index contributed by atoms with van der Waals surface area (Å²) in [5.41, 5.74) is 3.96. The summed E-state index contributed by atoms with van der Waals surface area (Å²) in [6, 6.07) is 19.4. The summed E-state index contributed by atoms with van der Waals surface area (Å²) in [5, 5.41) is 0. The van der Waals surface area contributed by atoms with Crippen LogP contribution in [-0.2, 0) is 11.3 Å². The van der Waals surface area contributed by atoms with E-state index in [4.69, 9.17) is 4.74 Å². The fourth-order valence-corrected chi connectivity index (χ4v) is 4.71. The summed E-state index contributed by atoms with van der Waals surface area (Å²) >= 11 is 0. The molecular weight excluding hydrogens is 438 g/mol. The van der Waals surface area contributed by atoms with E-state index < -0.39 is 0 Å². The van der Waals surface area contributed by atoms with Crippen LogP contribution in [0.15, 0.2) is 66.9 Å². The Bertz CT molecular complexity index is 1180. The first kappa shape index (κ1) is 24.6. The Hall–Kier alpha value is -3.54. The summed E-state index contributed by atoms with van der Waals surface area (Å²) < 4.78 is 7.50. The highest BCUT2D eigenvalue weighted by Gasteiger charge is 2.34. The fraction of sp³-hybridized carbons (Fsp3) is 0.379. The molecule has 1 aromatic heterocycles. The summed E-state index contributed by atoms with van der Waals surface area (Å²) in [4.78, 5) is 30.7. The SMILES string of the molecule is COc1cccc(C(=O)N(CC(=O)N2CCn3cccc3C2c2ccc(C(C)C)cc2)C(C)C)c1. The quantitative estimate of drug-likeness (QED) is 0.480. The number of nitrogens with zero attached hydrogens (tertiary/aromatic N) is 3. The molecule has 1 unspecified atom stereocenters. The number of aromatic nitrogens is 1. The lowest BCUT2D eigenvalue weighted by Gasteiger charge is -2.39. The van der Waals surface area contributed by atoms with Crippen LogP contribution in [-0.4, -0.2) is 52.4 Å². The van der Waals surface area contributed by atoms with E-state index in [0.29, 0.717) is 23.8 Å². The first-order chi connectivity index (χ1) is 16.8. The number of fused-ring (bicyclic) bond motifs is 1. The van der Waals surface area contributed by atoms with E-state index in [-0.39, 0.29) is 30.4 Å². The molecular formula is C29H35N3O3. The number of benzene rings is 2. The highest BCUT2D eigenvalue weighted by atomic mass is 16.5. The number of methoxy groups -OCH3 is 1. The Balaban J connectivity index is 1.62. The molecule has 0 radical (unpaired) electrons. The molecule has 0 aliphatic carbocycles. The van der Waals surface area contributed by atoms with Gasteiger partial charge in [-0.1, -0.05) is 44.2 Å². The Kier molecular flexibility index (Phi) is 7.29. The van der Waals surface area contributed by atoms with Crippen LogP contribution >= 0.6 is 0 Å². The average molecular weight is 474 g/mol. The Morgan fingerprint density at radius 2 is 1.74 bits per heavy atom. The maximum atomic E-state index is 13.8. The van der Waals surface area contributed by atoms with Crippen LogP contribution < -0.4 is 4.74 Å². The first-order valence-corrected chi connectivity index (χ1v) is 12.3. The summed E-state index contributed by atoms with van der Waals surface area (Å²) in [6.45, 7) is 9.59. The third kappa shape index (κ3) is 5.11. The molecule has 6 nitrogen and oxygen atoms in total. The highest BCUT2D eigenvalue weighted by Crippen LogP contribution is 2.33. The summed E-state index contributed by atoms with van der Waals surface area (Å²) in [7, 11) is 1.58. The molecule has 0 saturated carbocycles. The van der Waals surface area contributed by atoms with E-state index in [1.807, 2.05) is 24.8 Å². The predicted octanol–water partition coefficient (Wildman–Crippen LogP) is 5.10. The average Bonchev–Trinajstić information content (AvgIpc) is 3.35. The van der Waals surface area contributed by atoms with Gasteiger partial charge in [0.15, 0.2) is 0 Å². The van der Waals surface area contributed by atoms with Gasteiger partial charge in [0.1, 0.15) is 12.3 Å². The highest BCUT2D eigenvalue weighted by molar-refractivity contribution is 5.97. The van der Waals surface area contributed by atoms with Crippen molar-refractivity contribution < 1.29 is 14.3 Å². The first-order valence-electron chi connectivity index (χ1n) is 12.3. The van der Waals surface area contributed by atoms with Crippen molar-refractivity contribution in [3.8, 4) is 5.75 Å². The molecule has 35 heavy (non-hydrogen) atoms. The predicted molar refractivity (Wildman–Crippen MR) is 138 cm³/mol. The van der Waals surface area contributed by atoms with Crippen LogP contribution in [0.25, 0.3) is 0 Å². The largest absolute Gasteiger partial charge is 0.497 e. The molecule has 0 saturated heterocycles. The molecule has 184 valence electrons. The molecule has 1 atom stereocenters. The normalized spacial score (nSPS) is 15.3. The minimum absolute atomic E-state index is 0.0228. The van der Waals surface area contributed by atoms with Crippen molar-refractivity contribution in [3.05, 3.63) is 89.2 Å². The Morgan fingerprint density at radius 1 is 1.00 bits per heavy atom. The van der Waals surface area contributed by atoms with Gasteiger partial charge in [0, 0.05) is 36.6 Å². The van der Waals surface area contributed by atoms with E-state index in [0.717, 1.165) is 17.8 Å². The second-order valence-corrected chi connectivity index (χ2v) is 9.70. The molecule has 4 rings (SSSR count). The van der Waals surface area contributed by atoms with Crippen LogP contribution in [0.5, 0.6) is 5.75 Å². The monoisotopic (exact) mass is 473 g/mol. The van der Waals surface area contributed by atoms with Gasteiger partial charge in [0.2, 0.25) is 5.91 Å². The molecule has 2 aromatic carbocycles.